The Balaban J connectivity index is 1.46. The van der Waals surface area contributed by atoms with E-state index in [0.29, 0.717) is 41.7 Å². The summed E-state index contributed by atoms with van der Waals surface area (Å²) in [5.74, 6) is 0.834. The molecule has 2 aromatic rings. The fourth-order valence-electron chi connectivity index (χ4n) is 4.44. The number of carbonyl (C=O) groups is 1. The van der Waals surface area contributed by atoms with Crippen molar-refractivity contribution < 1.29 is 24.1 Å². The number of nitrogens with one attached hydrogen (secondary N) is 2. The number of hydrogen-bond donors (Lipinski definition) is 4. The zero-order chi connectivity index (χ0) is 25.1. The smallest absolute Gasteiger partial charge is 0.349 e. The zero-order valence-electron chi connectivity index (χ0n) is 19.9. The summed E-state index contributed by atoms with van der Waals surface area (Å²) in [6.45, 7) is 4.32. The molecule has 2 aliphatic heterocycles. The van der Waals surface area contributed by atoms with Gasteiger partial charge in [-0.3, -0.25) is 10.8 Å². The van der Waals surface area contributed by atoms with Crippen molar-refractivity contribution in [2.24, 2.45) is 5.73 Å². The molecule has 10 heteroatoms. The average Bonchev–Trinajstić information content (AvgIpc) is 3.26. The van der Waals surface area contributed by atoms with Crippen molar-refractivity contribution >= 4 is 17.8 Å². The number of nitrogens with two attached hydrogens (primary N) is 1. The van der Waals surface area contributed by atoms with Crippen LogP contribution < -0.4 is 19.9 Å². The number of piperidine rings is 1. The Bertz CT molecular complexity index is 1110. The fraction of sp³-hybridized carbons (Fsp3) is 0.400. The molecule has 10 nitrogen and oxygen atoms in total. The van der Waals surface area contributed by atoms with E-state index in [0.717, 1.165) is 37.1 Å². The summed E-state index contributed by atoms with van der Waals surface area (Å²) >= 11 is 0. The minimum atomic E-state index is -1.24. The van der Waals surface area contributed by atoms with Crippen molar-refractivity contribution in [1.29, 1.82) is 10.8 Å². The maximum Gasteiger partial charge on any atom is 0.349 e. The highest BCUT2D eigenvalue weighted by molar-refractivity contribution is 5.77. The number of aliphatic carboxylic acids is 1. The van der Waals surface area contributed by atoms with Crippen LogP contribution >= 0.6 is 0 Å². The minimum absolute atomic E-state index is 0.0243. The van der Waals surface area contributed by atoms with Crippen LogP contribution in [-0.4, -0.2) is 59.0 Å². The van der Waals surface area contributed by atoms with Gasteiger partial charge in [0.05, 0.1) is 12.9 Å². The number of amidine groups is 1. The van der Waals surface area contributed by atoms with Crippen molar-refractivity contribution in [3.63, 3.8) is 0 Å². The molecule has 4 rings (SSSR count). The zero-order valence-corrected chi connectivity index (χ0v) is 19.9. The van der Waals surface area contributed by atoms with Gasteiger partial charge in [-0.25, -0.2) is 4.79 Å². The molecule has 1 atom stereocenters. The molecule has 0 aromatic heterocycles. The van der Waals surface area contributed by atoms with Gasteiger partial charge >= 0.3 is 5.97 Å². The molecule has 1 saturated heterocycles. The summed E-state index contributed by atoms with van der Waals surface area (Å²) in [7, 11) is 1.50. The SMILES string of the molecule is COc1cc2c(cc1OC(C(=O)O)c1ccc(OC3CCN(C(C)=N)CC3)cc1)CN(C(=N)N)C2. The third kappa shape index (κ3) is 5.42. The van der Waals surface area contributed by atoms with Gasteiger partial charge in [0.1, 0.15) is 11.9 Å². The van der Waals surface area contributed by atoms with Crippen molar-refractivity contribution in [2.45, 2.75) is 45.1 Å². The summed E-state index contributed by atoms with van der Waals surface area (Å²) in [5.41, 5.74) is 7.97. The number of benzene rings is 2. The standard InChI is InChI=1S/C25H31N5O5/c1-15(26)29-9-7-20(8-10-29)34-19-5-3-16(4-6-19)23(24(31)32)35-22-12-18-14-30(25(27)28)13-17(18)11-21(22)33-2/h3-6,11-12,20,23,26H,7-10,13-14H2,1-2H3,(H3,27,28)(H,31,32). The van der Waals surface area contributed by atoms with Gasteiger partial charge in [0, 0.05) is 44.6 Å². The van der Waals surface area contributed by atoms with Crippen LogP contribution in [0, 0.1) is 10.8 Å². The third-order valence-electron chi connectivity index (χ3n) is 6.42. The van der Waals surface area contributed by atoms with Crippen LogP contribution in [0.25, 0.3) is 0 Å². The lowest BCUT2D eigenvalue weighted by atomic mass is 10.1. The number of rotatable bonds is 7. The van der Waals surface area contributed by atoms with Crippen LogP contribution in [0.1, 0.15) is 42.6 Å². The average molecular weight is 482 g/mol. The minimum Gasteiger partial charge on any atom is -0.493 e. The van der Waals surface area contributed by atoms with Crippen LogP contribution in [-0.2, 0) is 17.9 Å². The number of nitrogens with zero attached hydrogens (tertiary/aromatic N) is 2. The first-order valence-corrected chi connectivity index (χ1v) is 11.5. The number of methoxy groups -OCH3 is 1. The lowest BCUT2D eigenvalue weighted by Gasteiger charge is -2.32. The van der Waals surface area contributed by atoms with Gasteiger partial charge in [0.2, 0.25) is 6.10 Å². The molecule has 0 aliphatic carbocycles. The molecular weight excluding hydrogens is 450 g/mol. The summed E-state index contributed by atoms with van der Waals surface area (Å²) in [6, 6.07) is 10.5. The Kier molecular flexibility index (Phi) is 6.99. The summed E-state index contributed by atoms with van der Waals surface area (Å²) in [6.07, 6.45) is 0.490. The summed E-state index contributed by atoms with van der Waals surface area (Å²) in [5, 5.41) is 25.3. The van der Waals surface area contributed by atoms with Crippen LogP contribution in [0.2, 0.25) is 0 Å². The highest BCUT2D eigenvalue weighted by atomic mass is 16.5. The number of carboxylic acids is 1. The van der Waals surface area contributed by atoms with Crippen molar-refractivity contribution in [1.82, 2.24) is 9.80 Å². The van der Waals surface area contributed by atoms with E-state index >= 15 is 0 Å². The Morgan fingerprint density at radius 3 is 2.17 bits per heavy atom. The van der Waals surface area contributed by atoms with Gasteiger partial charge in [-0.1, -0.05) is 12.1 Å². The number of ether oxygens (including phenoxy) is 3. The quantitative estimate of drug-likeness (QED) is 0.349. The van der Waals surface area contributed by atoms with Gasteiger partial charge in [-0.05, 0) is 42.3 Å². The topological polar surface area (TPSA) is 145 Å². The highest BCUT2D eigenvalue weighted by Gasteiger charge is 2.27. The molecule has 0 radical (unpaired) electrons. The Morgan fingerprint density at radius 2 is 1.66 bits per heavy atom. The second kappa shape index (κ2) is 10.1. The predicted octanol–water partition coefficient (Wildman–Crippen LogP) is 2.95. The van der Waals surface area contributed by atoms with Crippen LogP contribution in [0.5, 0.6) is 17.2 Å². The number of carboxylic acid groups (broad SMARTS) is 1. The Hall–Kier alpha value is -3.95. The second-order valence-electron chi connectivity index (χ2n) is 8.81. The van der Waals surface area contributed by atoms with E-state index in [1.54, 1.807) is 48.2 Å². The lowest BCUT2D eigenvalue weighted by molar-refractivity contribution is -0.145. The van der Waals surface area contributed by atoms with Gasteiger partial charge in [-0.15, -0.1) is 0 Å². The molecule has 0 saturated carbocycles. The van der Waals surface area contributed by atoms with Gasteiger partial charge in [-0.2, -0.15) is 0 Å². The van der Waals surface area contributed by atoms with Crippen molar-refractivity contribution in [3.8, 4) is 17.2 Å². The highest BCUT2D eigenvalue weighted by Crippen LogP contribution is 2.37. The second-order valence-corrected chi connectivity index (χ2v) is 8.81. The van der Waals surface area contributed by atoms with E-state index < -0.39 is 12.1 Å². The third-order valence-corrected chi connectivity index (χ3v) is 6.42. The Labute approximate surface area is 204 Å². The van der Waals surface area contributed by atoms with E-state index in [-0.39, 0.29) is 12.1 Å². The molecule has 35 heavy (non-hydrogen) atoms. The molecular formula is C25H31N5O5. The maximum absolute atomic E-state index is 12.1. The summed E-state index contributed by atoms with van der Waals surface area (Å²) in [4.78, 5) is 15.8. The molecule has 5 N–H and O–H groups in total. The van der Waals surface area contributed by atoms with E-state index in [2.05, 4.69) is 0 Å². The van der Waals surface area contributed by atoms with Crippen molar-refractivity contribution in [2.75, 3.05) is 20.2 Å². The number of likely N-dealkylation sites (tertiary alicyclic amines) is 1. The first-order chi connectivity index (χ1) is 16.7. The predicted molar refractivity (Wildman–Crippen MR) is 130 cm³/mol. The van der Waals surface area contributed by atoms with Gasteiger partial charge in [0.25, 0.3) is 0 Å². The number of guanidine groups is 1. The van der Waals surface area contributed by atoms with Crippen LogP contribution in [0.4, 0.5) is 0 Å². The van der Waals surface area contributed by atoms with E-state index in [1.165, 1.54) is 7.11 Å². The van der Waals surface area contributed by atoms with Crippen LogP contribution in [0.3, 0.4) is 0 Å². The molecule has 0 bridgehead atoms. The molecule has 0 spiro atoms. The Morgan fingerprint density at radius 1 is 1.06 bits per heavy atom. The monoisotopic (exact) mass is 481 g/mol. The van der Waals surface area contributed by atoms with E-state index in [1.807, 2.05) is 4.90 Å². The molecule has 2 aliphatic rings. The van der Waals surface area contributed by atoms with Gasteiger partial charge < -0.3 is 34.9 Å². The number of fused-ring (bicyclic) bond motifs is 1. The maximum atomic E-state index is 12.1. The van der Waals surface area contributed by atoms with E-state index in [9.17, 15) is 9.90 Å². The normalized spacial score (nSPS) is 16.4. The molecule has 0 amide bonds. The fourth-order valence-corrected chi connectivity index (χ4v) is 4.44. The van der Waals surface area contributed by atoms with E-state index in [4.69, 9.17) is 30.8 Å². The first-order valence-electron chi connectivity index (χ1n) is 11.5. The molecule has 2 aromatic carbocycles. The largest absolute Gasteiger partial charge is 0.493 e. The number of hydrogen-bond acceptors (Lipinski definition) is 6. The first kappa shape index (κ1) is 24.2. The lowest BCUT2D eigenvalue weighted by Crippen LogP contribution is -2.40. The molecule has 2 heterocycles. The molecule has 1 fully saturated rings. The summed E-state index contributed by atoms with van der Waals surface area (Å²) < 4.78 is 17.5. The van der Waals surface area contributed by atoms with Gasteiger partial charge in [0.15, 0.2) is 17.5 Å². The molecule has 186 valence electrons. The molecule has 1 unspecified atom stereocenters. The van der Waals surface area contributed by atoms with Crippen molar-refractivity contribution in [3.05, 3.63) is 53.1 Å². The van der Waals surface area contributed by atoms with Crippen LogP contribution in [0.15, 0.2) is 36.4 Å².